The van der Waals surface area contributed by atoms with Gasteiger partial charge in [0.15, 0.2) is 11.0 Å². The van der Waals surface area contributed by atoms with Gasteiger partial charge in [-0.05, 0) is 44.0 Å². The molecule has 156 valence electrons. The number of allylic oxidation sites excluding steroid dienone is 1. The van der Waals surface area contributed by atoms with Crippen molar-refractivity contribution in [3.8, 4) is 17.1 Å². The largest absolute Gasteiger partial charge is 0.496 e. The smallest absolute Gasteiger partial charge is 0.234 e. The van der Waals surface area contributed by atoms with Crippen LogP contribution in [0.1, 0.15) is 16.7 Å². The molecule has 0 fully saturated rings. The third-order valence-electron chi connectivity index (χ3n) is 4.65. The predicted molar refractivity (Wildman–Crippen MR) is 122 cm³/mol. The quantitative estimate of drug-likeness (QED) is 0.417. The van der Waals surface area contributed by atoms with Crippen molar-refractivity contribution in [2.24, 2.45) is 0 Å². The zero-order chi connectivity index (χ0) is 21.7. The Balaban J connectivity index is 1.78. The maximum absolute atomic E-state index is 12.6. The van der Waals surface area contributed by atoms with Gasteiger partial charge < -0.3 is 10.1 Å². The molecule has 0 saturated heterocycles. The lowest BCUT2D eigenvalue weighted by Crippen LogP contribution is -2.16. The molecular weight excluding hydrogens is 396 g/mol. The van der Waals surface area contributed by atoms with E-state index in [4.69, 9.17) is 4.74 Å². The minimum Gasteiger partial charge on any atom is -0.496 e. The zero-order valence-corrected chi connectivity index (χ0v) is 18.5. The molecule has 1 amide bonds. The molecule has 0 unspecified atom stereocenters. The fourth-order valence-electron chi connectivity index (χ4n) is 3.40. The van der Waals surface area contributed by atoms with Crippen LogP contribution in [0.2, 0.25) is 0 Å². The van der Waals surface area contributed by atoms with Crippen molar-refractivity contribution in [1.82, 2.24) is 14.8 Å². The van der Waals surface area contributed by atoms with Crippen molar-refractivity contribution in [1.29, 1.82) is 0 Å². The molecule has 30 heavy (non-hydrogen) atoms. The average Bonchev–Trinajstić information content (AvgIpc) is 3.11. The fourth-order valence-corrected chi connectivity index (χ4v) is 4.15. The van der Waals surface area contributed by atoms with E-state index >= 15 is 0 Å². The molecule has 3 aromatic rings. The predicted octanol–water partition coefficient (Wildman–Crippen LogP) is 4.80. The maximum Gasteiger partial charge on any atom is 0.234 e. The highest BCUT2D eigenvalue weighted by Crippen LogP contribution is 2.31. The first-order chi connectivity index (χ1) is 14.4. The first-order valence-electron chi connectivity index (χ1n) is 9.62. The molecule has 1 heterocycles. The number of thioether (sulfide) groups is 1. The number of hydrogen-bond donors (Lipinski definition) is 1. The Bertz CT molecular complexity index is 1050. The third-order valence-corrected chi connectivity index (χ3v) is 5.62. The summed E-state index contributed by atoms with van der Waals surface area (Å²) in [6.07, 6.45) is 1.78. The van der Waals surface area contributed by atoms with E-state index in [9.17, 15) is 4.79 Å². The van der Waals surface area contributed by atoms with Gasteiger partial charge in [-0.3, -0.25) is 9.36 Å². The van der Waals surface area contributed by atoms with E-state index < -0.39 is 0 Å². The molecule has 1 N–H and O–H groups in total. The summed E-state index contributed by atoms with van der Waals surface area (Å²) in [7, 11) is 1.63. The Morgan fingerprint density at radius 2 is 1.90 bits per heavy atom. The lowest BCUT2D eigenvalue weighted by Gasteiger charge is -2.13. The van der Waals surface area contributed by atoms with Gasteiger partial charge in [0.25, 0.3) is 0 Å². The van der Waals surface area contributed by atoms with Crippen LogP contribution < -0.4 is 10.1 Å². The van der Waals surface area contributed by atoms with Crippen LogP contribution in [0.15, 0.2) is 54.2 Å². The first kappa shape index (κ1) is 21.6. The summed E-state index contributed by atoms with van der Waals surface area (Å²) < 4.78 is 7.40. The molecule has 2 aromatic carbocycles. The van der Waals surface area contributed by atoms with E-state index in [1.165, 1.54) is 17.3 Å². The molecule has 0 bridgehead atoms. The average molecular weight is 423 g/mol. The molecule has 0 aliphatic heterocycles. The summed E-state index contributed by atoms with van der Waals surface area (Å²) in [6.45, 7) is 10.4. The van der Waals surface area contributed by atoms with Crippen molar-refractivity contribution in [3.05, 3.63) is 65.7 Å². The van der Waals surface area contributed by atoms with Crippen molar-refractivity contribution < 1.29 is 9.53 Å². The Morgan fingerprint density at radius 3 is 2.57 bits per heavy atom. The van der Waals surface area contributed by atoms with Crippen molar-refractivity contribution in [3.63, 3.8) is 0 Å². The summed E-state index contributed by atoms with van der Waals surface area (Å²) >= 11 is 1.35. The molecule has 0 atom stereocenters. The summed E-state index contributed by atoms with van der Waals surface area (Å²) in [5.41, 5.74) is 5.00. The molecule has 1 aromatic heterocycles. The number of nitrogens with one attached hydrogen (secondary N) is 1. The van der Waals surface area contributed by atoms with Gasteiger partial charge in [0, 0.05) is 12.2 Å². The lowest BCUT2D eigenvalue weighted by atomic mass is 10.1. The molecule has 0 saturated carbocycles. The monoisotopic (exact) mass is 422 g/mol. The summed E-state index contributed by atoms with van der Waals surface area (Å²) in [4.78, 5) is 12.6. The summed E-state index contributed by atoms with van der Waals surface area (Å²) in [6, 6.07) is 11.8. The Kier molecular flexibility index (Phi) is 6.95. The second-order valence-electron chi connectivity index (χ2n) is 7.02. The molecule has 6 nitrogen and oxygen atoms in total. The number of hydrogen-bond acceptors (Lipinski definition) is 5. The second-order valence-corrected chi connectivity index (χ2v) is 7.96. The number of methoxy groups -OCH3 is 1. The highest BCUT2D eigenvalue weighted by molar-refractivity contribution is 7.99. The molecule has 7 heteroatoms. The number of rotatable bonds is 8. The number of ether oxygens (including phenoxy) is 1. The van der Waals surface area contributed by atoms with E-state index in [2.05, 4.69) is 34.2 Å². The second kappa shape index (κ2) is 9.63. The van der Waals surface area contributed by atoms with E-state index in [1.807, 2.05) is 49.6 Å². The fraction of sp³-hybridized carbons (Fsp3) is 0.261. The number of nitrogens with zero attached hydrogens (tertiary/aromatic N) is 3. The Hall–Kier alpha value is -3.06. The van der Waals surface area contributed by atoms with Crippen LogP contribution in [0.4, 0.5) is 5.69 Å². The van der Waals surface area contributed by atoms with E-state index in [-0.39, 0.29) is 11.7 Å². The van der Waals surface area contributed by atoms with Gasteiger partial charge in [0.05, 0.1) is 18.4 Å². The third kappa shape index (κ3) is 4.74. The minimum absolute atomic E-state index is 0.0814. The molecular formula is C23H26N4O2S. The number of aromatic nitrogens is 3. The standard InChI is InChI=1S/C23H26N4O2S/c1-6-11-27-22(18-9-7-8-10-19(18)29-5)25-26-23(27)30-14-20(28)24-21-16(3)12-15(2)13-17(21)4/h6-10,12-13H,1,11,14H2,2-5H3,(H,24,28). The van der Waals surface area contributed by atoms with Gasteiger partial charge >= 0.3 is 0 Å². The zero-order valence-electron chi connectivity index (χ0n) is 17.7. The maximum atomic E-state index is 12.6. The normalized spacial score (nSPS) is 10.7. The van der Waals surface area contributed by atoms with Crippen molar-refractivity contribution in [2.45, 2.75) is 32.5 Å². The van der Waals surface area contributed by atoms with E-state index in [0.29, 0.717) is 17.5 Å². The van der Waals surface area contributed by atoms with Crippen molar-refractivity contribution >= 4 is 23.4 Å². The summed E-state index contributed by atoms with van der Waals surface area (Å²) in [5.74, 6) is 1.55. The van der Waals surface area contributed by atoms with Crippen LogP contribution in [-0.2, 0) is 11.3 Å². The number of anilines is 1. The van der Waals surface area contributed by atoms with Crippen LogP contribution in [-0.4, -0.2) is 33.5 Å². The molecule has 0 aliphatic carbocycles. The molecule has 0 aliphatic rings. The van der Waals surface area contributed by atoms with Crippen LogP contribution in [0.3, 0.4) is 0 Å². The lowest BCUT2D eigenvalue weighted by molar-refractivity contribution is -0.113. The Morgan fingerprint density at radius 1 is 1.20 bits per heavy atom. The van der Waals surface area contributed by atoms with Crippen LogP contribution >= 0.6 is 11.8 Å². The highest BCUT2D eigenvalue weighted by Gasteiger charge is 2.18. The van der Waals surface area contributed by atoms with Crippen LogP contribution in [0.5, 0.6) is 5.75 Å². The number of amides is 1. The number of benzene rings is 2. The van der Waals surface area contributed by atoms with E-state index in [0.717, 1.165) is 28.1 Å². The number of carbonyl (C=O) groups excluding carboxylic acids is 1. The number of para-hydroxylation sites is 1. The van der Waals surface area contributed by atoms with Gasteiger partial charge in [0.2, 0.25) is 5.91 Å². The minimum atomic E-state index is -0.0814. The van der Waals surface area contributed by atoms with Gasteiger partial charge in [-0.1, -0.05) is 47.7 Å². The van der Waals surface area contributed by atoms with Gasteiger partial charge in [-0.25, -0.2) is 0 Å². The van der Waals surface area contributed by atoms with Gasteiger partial charge in [-0.15, -0.1) is 16.8 Å². The first-order valence-corrected chi connectivity index (χ1v) is 10.6. The summed E-state index contributed by atoms with van der Waals surface area (Å²) in [5, 5.41) is 12.3. The number of aryl methyl sites for hydroxylation is 3. The topological polar surface area (TPSA) is 69.0 Å². The van der Waals surface area contributed by atoms with Crippen LogP contribution in [0, 0.1) is 20.8 Å². The highest BCUT2D eigenvalue weighted by atomic mass is 32.2. The Labute approximate surface area is 181 Å². The molecule has 0 radical (unpaired) electrons. The van der Waals surface area contributed by atoms with Crippen LogP contribution in [0.25, 0.3) is 11.4 Å². The van der Waals surface area contributed by atoms with Crippen molar-refractivity contribution in [2.75, 3.05) is 18.2 Å². The molecule has 3 rings (SSSR count). The number of carbonyl (C=O) groups is 1. The SMILES string of the molecule is C=CCn1c(SCC(=O)Nc2c(C)cc(C)cc2C)nnc1-c1ccccc1OC. The molecule has 0 spiro atoms. The van der Waals surface area contributed by atoms with Gasteiger partial charge in [-0.2, -0.15) is 0 Å². The van der Waals surface area contributed by atoms with E-state index in [1.54, 1.807) is 13.2 Å². The van der Waals surface area contributed by atoms with Gasteiger partial charge in [0.1, 0.15) is 5.75 Å².